The van der Waals surface area contributed by atoms with Gasteiger partial charge in [-0.3, -0.25) is 4.68 Å². The fraction of sp³-hybridized carbons (Fsp3) is 0.375. The van der Waals surface area contributed by atoms with E-state index in [2.05, 4.69) is 15.3 Å². The second-order valence-corrected chi connectivity index (χ2v) is 4.21. The third kappa shape index (κ3) is 1.82. The lowest BCUT2D eigenvalue weighted by Crippen LogP contribution is -1.94. The molecule has 0 aromatic carbocycles. The molecule has 0 aliphatic rings. The minimum atomic E-state index is 0.656. The summed E-state index contributed by atoms with van der Waals surface area (Å²) in [7, 11) is 3.75. The summed E-state index contributed by atoms with van der Waals surface area (Å²) in [5, 5.41) is 13.8. The van der Waals surface area contributed by atoms with Crippen LogP contribution >= 0.6 is 11.8 Å². The Balaban J connectivity index is 2.29. The van der Waals surface area contributed by atoms with Crippen LogP contribution in [0.2, 0.25) is 0 Å². The zero-order valence-electron chi connectivity index (χ0n) is 8.80. The molecule has 2 rings (SSSR count). The number of hydrogen-bond acceptors (Lipinski definition) is 5. The topological polar surface area (TPSA) is 74.6 Å². The molecule has 2 aromatic heterocycles. The molecule has 0 spiro atoms. The summed E-state index contributed by atoms with van der Waals surface area (Å²) < 4.78 is 3.58. The number of nitrogens with two attached hydrogens (primary N) is 1. The monoisotopic (exact) mass is 224 g/mol. The summed E-state index contributed by atoms with van der Waals surface area (Å²) in [5.74, 6) is 0.868. The molecule has 2 heterocycles. The Morgan fingerprint density at radius 1 is 1.33 bits per heavy atom. The largest absolute Gasteiger partial charge is 0.395 e. The highest BCUT2D eigenvalue weighted by molar-refractivity contribution is 7.99. The SMILES string of the molecule is Cc1nnc(Sc2nn(C)cc2N)n1C. The molecule has 2 aromatic rings. The minimum absolute atomic E-state index is 0.656. The van der Waals surface area contributed by atoms with Gasteiger partial charge in [-0.1, -0.05) is 0 Å². The van der Waals surface area contributed by atoms with Crippen molar-refractivity contribution in [3.8, 4) is 0 Å². The molecule has 0 saturated carbocycles. The van der Waals surface area contributed by atoms with Gasteiger partial charge in [0.1, 0.15) is 10.9 Å². The minimum Gasteiger partial charge on any atom is -0.395 e. The van der Waals surface area contributed by atoms with E-state index in [1.54, 1.807) is 10.9 Å². The van der Waals surface area contributed by atoms with Crippen molar-refractivity contribution in [1.82, 2.24) is 24.5 Å². The fourth-order valence-electron chi connectivity index (χ4n) is 1.13. The van der Waals surface area contributed by atoms with Crippen molar-refractivity contribution in [2.75, 3.05) is 5.73 Å². The number of hydrogen-bond donors (Lipinski definition) is 1. The zero-order valence-corrected chi connectivity index (χ0v) is 9.62. The van der Waals surface area contributed by atoms with Crippen LogP contribution in [0.5, 0.6) is 0 Å². The first-order valence-corrected chi connectivity index (χ1v) is 5.22. The van der Waals surface area contributed by atoms with E-state index >= 15 is 0 Å². The van der Waals surface area contributed by atoms with Crippen LogP contribution in [0.3, 0.4) is 0 Å². The average molecular weight is 224 g/mol. The highest BCUT2D eigenvalue weighted by Gasteiger charge is 2.11. The van der Waals surface area contributed by atoms with Gasteiger partial charge in [0.05, 0.1) is 5.69 Å². The van der Waals surface area contributed by atoms with Crippen LogP contribution in [0.1, 0.15) is 5.82 Å². The van der Waals surface area contributed by atoms with Crippen LogP contribution in [0, 0.1) is 6.92 Å². The van der Waals surface area contributed by atoms with E-state index in [0.717, 1.165) is 16.0 Å². The Hall–Kier alpha value is -1.50. The summed E-state index contributed by atoms with van der Waals surface area (Å²) in [6.45, 7) is 1.90. The summed E-state index contributed by atoms with van der Waals surface area (Å²) in [6, 6.07) is 0. The van der Waals surface area contributed by atoms with Crippen molar-refractivity contribution in [3.05, 3.63) is 12.0 Å². The van der Waals surface area contributed by atoms with Crippen molar-refractivity contribution >= 4 is 17.4 Å². The summed E-state index contributed by atoms with van der Waals surface area (Å²) in [4.78, 5) is 0. The van der Waals surface area contributed by atoms with E-state index in [-0.39, 0.29) is 0 Å². The zero-order chi connectivity index (χ0) is 11.0. The fourth-order valence-corrected chi connectivity index (χ4v) is 1.99. The smallest absolute Gasteiger partial charge is 0.197 e. The summed E-state index contributed by atoms with van der Waals surface area (Å²) >= 11 is 1.41. The Kier molecular flexibility index (Phi) is 2.39. The normalized spacial score (nSPS) is 10.9. The second-order valence-electron chi connectivity index (χ2n) is 3.25. The molecule has 80 valence electrons. The lowest BCUT2D eigenvalue weighted by atomic mass is 10.6. The maximum atomic E-state index is 5.78. The Bertz CT molecular complexity index is 485. The van der Waals surface area contributed by atoms with E-state index in [1.165, 1.54) is 11.8 Å². The first-order chi connectivity index (χ1) is 7.08. The van der Waals surface area contributed by atoms with Gasteiger partial charge in [-0.15, -0.1) is 10.2 Å². The van der Waals surface area contributed by atoms with E-state index in [9.17, 15) is 0 Å². The summed E-state index contributed by atoms with van der Waals surface area (Å²) in [5.41, 5.74) is 6.44. The van der Waals surface area contributed by atoms with Crippen molar-refractivity contribution in [2.45, 2.75) is 17.1 Å². The molecule has 7 heteroatoms. The van der Waals surface area contributed by atoms with Crippen LogP contribution in [0.15, 0.2) is 16.4 Å². The highest BCUT2D eigenvalue weighted by atomic mass is 32.2. The first-order valence-electron chi connectivity index (χ1n) is 4.41. The number of nitrogen functional groups attached to an aromatic ring is 1. The molecular formula is C8H12N6S. The lowest BCUT2D eigenvalue weighted by molar-refractivity contribution is 0.732. The Labute approximate surface area is 91.5 Å². The van der Waals surface area contributed by atoms with Gasteiger partial charge in [0.2, 0.25) is 0 Å². The van der Waals surface area contributed by atoms with Gasteiger partial charge in [-0.25, -0.2) is 0 Å². The molecule has 0 bridgehead atoms. The van der Waals surface area contributed by atoms with E-state index in [0.29, 0.717) is 5.69 Å². The van der Waals surface area contributed by atoms with Gasteiger partial charge < -0.3 is 10.3 Å². The van der Waals surface area contributed by atoms with Gasteiger partial charge in [0, 0.05) is 20.3 Å². The second kappa shape index (κ2) is 3.58. The van der Waals surface area contributed by atoms with Crippen molar-refractivity contribution < 1.29 is 0 Å². The molecule has 15 heavy (non-hydrogen) atoms. The van der Waals surface area contributed by atoms with Gasteiger partial charge in [0.25, 0.3) is 0 Å². The van der Waals surface area contributed by atoms with Crippen LogP contribution in [-0.2, 0) is 14.1 Å². The Morgan fingerprint density at radius 3 is 2.53 bits per heavy atom. The van der Waals surface area contributed by atoms with Crippen molar-refractivity contribution in [3.63, 3.8) is 0 Å². The number of aromatic nitrogens is 5. The quantitative estimate of drug-likeness (QED) is 0.808. The number of rotatable bonds is 2. The predicted molar refractivity (Wildman–Crippen MR) is 57.5 cm³/mol. The number of anilines is 1. The van der Waals surface area contributed by atoms with Gasteiger partial charge >= 0.3 is 0 Å². The van der Waals surface area contributed by atoms with Crippen LogP contribution in [0.25, 0.3) is 0 Å². The van der Waals surface area contributed by atoms with Crippen LogP contribution in [0.4, 0.5) is 5.69 Å². The van der Waals surface area contributed by atoms with Gasteiger partial charge in [0.15, 0.2) is 5.16 Å². The standard InChI is InChI=1S/C8H12N6S/c1-5-10-11-8(14(5)3)15-7-6(9)4-13(2)12-7/h4H,9H2,1-3H3. The third-order valence-corrected chi connectivity index (χ3v) is 3.11. The molecule has 0 aliphatic heterocycles. The molecular weight excluding hydrogens is 212 g/mol. The van der Waals surface area contributed by atoms with E-state index < -0.39 is 0 Å². The third-order valence-electron chi connectivity index (χ3n) is 2.06. The Morgan fingerprint density at radius 2 is 2.07 bits per heavy atom. The molecule has 0 amide bonds. The van der Waals surface area contributed by atoms with Gasteiger partial charge in [-0.2, -0.15) is 5.10 Å². The van der Waals surface area contributed by atoms with Crippen LogP contribution in [-0.4, -0.2) is 24.5 Å². The van der Waals surface area contributed by atoms with E-state index in [4.69, 9.17) is 5.73 Å². The number of nitrogens with zero attached hydrogens (tertiary/aromatic N) is 5. The predicted octanol–water partition coefficient (Wildman–Crippen LogP) is 0.590. The highest BCUT2D eigenvalue weighted by Crippen LogP contribution is 2.28. The first kappa shape index (κ1) is 10.0. The molecule has 0 aliphatic carbocycles. The molecule has 0 radical (unpaired) electrons. The molecule has 0 atom stereocenters. The molecule has 0 unspecified atom stereocenters. The number of aryl methyl sites for hydroxylation is 2. The average Bonchev–Trinajstić information content (AvgIpc) is 2.64. The lowest BCUT2D eigenvalue weighted by Gasteiger charge is -1.98. The molecule has 2 N–H and O–H groups in total. The van der Waals surface area contributed by atoms with Gasteiger partial charge in [-0.05, 0) is 18.7 Å². The molecule has 0 saturated heterocycles. The molecule has 0 fully saturated rings. The van der Waals surface area contributed by atoms with E-state index in [1.807, 2.05) is 25.6 Å². The molecule has 6 nitrogen and oxygen atoms in total. The van der Waals surface area contributed by atoms with Crippen molar-refractivity contribution in [1.29, 1.82) is 0 Å². The van der Waals surface area contributed by atoms with Crippen LogP contribution < -0.4 is 5.73 Å². The van der Waals surface area contributed by atoms with Crippen molar-refractivity contribution in [2.24, 2.45) is 14.1 Å². The maximum absolute atomic E-state index is 5.78. The maximum Gasteiger partial charge on any atom is 0.197 e. The summed E-state index contributed by atoms with van der Waals surface area (Å²) in [6.07, 6.45) is 1.77.